The highest BCUT2D eigenvalue weighted by molar-refractivity contribution is 9.42. The summed E-state index contributed by atoms with van der Waals surface area (Å²) >= 11 is 9.12. The van der Waals surface area contributed by atoms with Crippen molar-refractivity contribution in [2.45, 2.75) is 20.2 Å². The number of fused-ring (bicyclic) bond motifs is 1. The Morgan fingerprint density at radius 2 is 1.68 bits per heavy atom. The summed E-state index contributed by atoms with van der Waals surface area (Å²) in [5, 5.41) is 18.9. The molecule has 1 heterocycles. The number of phenols is 1. The van der Waals surface area contributed by atoms with Crippen molar-refractivity contribution >= 4 is 68.7 Å². The second kappa shape index (κ2) is 6.33. The lowest BCUT2D eigenvalue weighted by atomic mass is 10.1. The van der Waals surface area contributed by atoms with Gasteiger partial charge in [0, 0.05) is 0 Å². The highest BCUT2D eigenvalue weighted by Crippen LogP contribution is 2.43. The molecule has 0 aliphatic heterocycles. The first kappa shape index (κ1) is 18.8. The monoisotopic (exact) mass is 551 g/mol. The van der Waals surface area contributed by atoms with Crippen molar-refractivity contribution in [3.05, 3.63) is 41.5 Å². The Balaban J connectivity index is 2.17. The molecular weight excluding hydrogens is 542 g/mol. The molecule has 0 saturated heterocycles. The first-order valence-electron chi connectivity index (χ1n) is 7.00. The zero-order chi connectivity index (χ0) is 18.6. The van der Waals surface area contributed by atoms with Crippen molar-refractivity contribution in [2.24, 2.45) is 0 Å². The molecule has 0 radical (unpaired) electrons. The number of alkyl halides is 3. The van der Waals surface area contributed by atoms with Crippen molar-refractivity contribution in [2.75, 3.05) is 0 Å². The van der Waals surface area contributed by atoms with Crippen LogP contribution in [0.5, 0.6) is 5.75 Å². The number of aryl methyl sites for hydroxylation is 2. The van der Waals surface area contributed by atoms with E-state index in [1.54, 1.807) is 19.1 Å². The molecular formula is C15H12Br3N3O3S. The average Bonchev–Trinajstić information content (AvgIpc) is 2.92. The molecule has 25 heavy (non-hydrogen) atoms. The molecule has 10 heteroatoms. The molecule has 0 fully saturated rings. The Labute approximate surface area is 169 Å². The molecule has 0 spiro atoms. The first-order valence-corrected chi connectivity index (χ1v) is 10.9. The van der Waals surface area contributed by atoms with Crippen LogP contribution in [-0.2, 0) is 9.84 Å². The lowest BCUT2D eigenvalue weighted by molar-refractivity contribution is 0.463. The van der Waals surface area contributed by atoms with Crippen LogP contribution in [0.3, 0.4) is 0 Å². The van der Waals surface area contributed by atoms with E-state index in [-0.39, 0.29) is 10.6 Å². The van der Waals surface area contributed by atoms with Gasteiger partial charge in [-0.25, -0.2) is 8.42 Å². The third-order valence-corrected chi connectivity index (χ3v) is 8.93. The minimum absolute atomic E-state index is 0.0716. The van der Waals surface area contributed by atoms with Crippen molar-refractivity contribution in [1.29, 1.82) is 0 Å². The average molecular weight is 554 g/mol. The van der Waals surface area contributed by atoms with Gasteiger partial charge in [0.2, 0.25) is 11.3 Å². The normalized spacial score (nSPS) is 12.7. The van der Waals surface area contributed by atoms with Gasteiger partial charge in [-0.3, -0.25) is 0 Å². The summed E-state index contributed by atoms with van der Waals surface area (Å²) in [6.07, 6.45) is 0. The fraction of sp³-hybridized carbons (Fsp3) is 0.200. The zero-order valence-corrected chi connectivity index (χ0v) is 18.6. The van der Waals surface area contributed by atoms with Crippen LogP contribution in [0.15, 0.2) is 35.2 Å². The second-order valence-electron chi connectivity index (χ2n) is 5.54. The number of benzene rings is 2. The number of aromatic nitrogens is 3. The molecule has 0 saturated carbocycles. The van der Waals surface area contributed by atoms with E-state index >= 15 is 0 Å². The number of halogens is 3. The Kier molecular flexibility index (Phi) is 4.76. The van der Waals surface area contributed by atoms with Gasteiger partial charge in [-0.2, -0.15) is 0 Å². The molecule has 3 aromatic rings. The molecule has 0 amide bonds. The highest BCUT2D eigenvalue weighted by atomic mass is 80.0. The van der Waals surface area contributed by atoms with Crippen LogP contribution in [0.4, 0.5) is 0 Å². The number of sulfone groups is 1. The second-order valence-corrected chi connectivity index (χ2v) is 16.0. The van der Waals surface area contributed by atoms with Crippen molar-refractivity contribution < 1.29 is 13.5 Å². The number of phenolic OH excluding ortho intramolecular Hbond substituents is 1. The van der Waals surface area contributed by atoms with Crippen LogP contribution in [0.2, 0.25) is 0 Å². The number of aromatic hydroxyl groups is 1. The summed E-state index contributed by atoms with van der Waals surface area (Å²) in [7, 11) is -3.72. The fourth-order valence-electron chi connectivity index (χ4n) is 2.39. The van der Waals surface area contributed by atoms with Gasteiger partial charge in [0.1, 0.15) is 22.5 Å². The van der Waals surface area contributed by atoms with Gasteiger partial charge in [0.05, 0.1) is 4.90 Å². The topological polar surface area (TPSA) is 85.1 Å². The van der Waals surface area contributed by atoms with Gasteiger partial charge in [-0.15, -0.1) is 15.0 Å². The first-order chi connectivity index (χ1) is 11.5. The number of rotatable bonds is 2. The van der Waals surface area contributed by atoms with Crippen LogP contribution in [-0.4, -0.2) is 30.0 Å². The van der Waals surface area contributed by atoms with Crippen LogP contribution in [0.25, 0.3) is 16.7 Å². The van der Waals surface area contributed by atoms with E-state index in [1.807, 2.05) is 13.0 Å². The summed E-state index contributed by atoms with van der Waals surface area (Å²) in [5.41, 5.74) is 3.02. The maximum atomic E-state index is 12.5. The molecule has 0 bridgehead atoms. The third kappa shape index (κ3) is 3.36. The fourth-order valence-corrected chi connectivity index (χ4v) is 4.86. The molecule has 3 rings (SSSR count). The summed E-state index contributed by atoms with van der Waals surface area (Å²) < 4.78 is 23.5. The maximum Gasteiger partial charge on any atom is 0.239 e. The molecule has 0 atom stereocenters. The van der Waals surface area contributed by atoms with Gasteiger partial charge in [0.25, 0.3) is 0 Å². The van der Waals surface area contributed by atoms with E-state index in [9.17, 15) is 13.5 Å². The Hall–Kier alpha value is -0.970. The molecule has 0 aliphatic carbocycles. The smallest absolute Gasteiger partial charge is 0.239 e. The van der Waals surface area contributed by atoms with Crippen LogP contribution in [0, 0.1) is 13.8 Å². The summed E-state index contributed by atoms with van der Waals surface area (Å²) in [6, 6.07) is 8.08. The van der Waals surface area contributed by atoms with Crippen LogP contribution in [0.1, 0.15) is 11.1 Å². The minimum atomic E-state index is -3.72. The molecule has 6 nitrogen and oxygen atoms in total. The molecule has 0 aliphatic rings. The van der Waals surface area contributed by atoms with Crippen molar-refractivity contribution in [3.63, 3.8) is 0 Å². The van der Waals surface area contributed by atoms with E-state index in [4.69, 9.17) is 0 Å². The van der Waals surface area contributed by atoms with E-state index in [0.29, 0.717) is 22.3 Å². The molecule has 0 unspecified atom stereocenters. The zero-order valence-electron chi connectivity index (χ0n) is 13.0. The lowest BCUT2D eigenvalue weighted by Gasteiger charge is -2.13. The molecule has 132 valence electrons. The number of nitrogens with zero attached hydrogens (tertiary/aromatic N) is 3. The maximum absolute atomic E-state index is 12.5. The van der Waals surface area contributed by atoms with E-state index in [0.717, 1.165) is 5.56 Å². The minimum Gasteiger partial charge on any atom is -0.505 e. The predicted molar refractivity (Wildman–Crippen MR) is 107 cm³/mol. The Bertz CT molecular complexity index is 1090. The summed E-state index contributed by atoms with van der Waals surface area (Å²) in [5.74, 6) is 0.0825. The Morgan fingerprint density at radius 3 is 2.32 bits per heavy atom. The number of hydrogen-bond donors (Lipinski definition) is 1. The largest absolute Gasteiger partial charge is 0.505 e. The van der Waals surface area contributed by atoms with Gasteiger partial charge in [0.15, 0.2) is 0 Å². The standard InChI is InChI=1S/C15H12Br3N3O3S/c1-8-5-9(2)14(22)13(6-8)21-19-11-4-3-10(7-12(11)20-21)25(23,24)15(16,17)18/h3-7,22H,1-2H3. The van der Waals surface area contributed by atoms with E-state index in [2.05, 4.69) is 58.0 Å². The van der Waals surface area contributed by atoms with Gasteiger partial charge in [-0.05, 0) is 97.0 Å². The summed E-state index contributed by atoms with van der Waals surface area (Å²) in [6.45, 7) is 3.70. The van der Waals surface area contributed by atoms with Crippen LogP contribution < -0.4 is 0 Å². The quantitative estimate of drug-likeness (QED) is 0.478. The third-order valence-electron chi connectivity index (χ3n) is 3.61. The summed E-state index contributed by atoms with van der Waals surface area (Å²) in [4.78, 5) is 1.38. The van der Waals surface area contributed by atoms with Crippen LogP contribution >= 0.6 is 47.8 Å². The number of hydrogen-bond acceptors (Lipinski definition) is 5. The molecule has 2 aromatic carbocycles. The van der Waals surface area contributed by atoms with Crippen molar-refractivity contribution in [3.8, 4) is 11.4 Å². The van der Waals surface area contributed by atoms with E-state index in [1.165, 1.54) is 16.9 Å². The van der Waals surface area contributed by atoms with Crippen molar-refractivity contribution in [1.82, 2.24) is 15.0 Å². The van der Waals surface area contributed by atoms with Gasteiger partial charge < -0.3 is 5.11 Å². The van der Waals surface area contributed by atoms with Gasteiger partial charge in [-0.1, -0.05) is 6.07 Å². The highest BCUT2D eigenvalue weighted by Gasteiger charge is 2.37. The predicted octanol–water partition coefficient (Wildman–Crippen LogP) is 4.31. The van der Waals surface area contributed by atoms with Gasteiger partial charge >= 0.3 is 0 Å². The molecule has 1 aromatic heterocycles. The SMILES string of the molecule is Cc1cc(C)c(O)c(-n2nc3ccc(S(=O)(=O)C(Br)(Br)Br)cc3n2)c1. The van der Waals surface area contributed by atoms with E-state index < -0.39 is 11.3 Å². The Morgan fingerprint density at radius 1 is 1.04 bits per heavy atom. The molecule has 1 N–H and O–H groups in total. The lowest BCUT2D eigenvalue weighted by Crippen LogP contribution is -2.17.